The van der Waals surface area contributed by atoms with Crippen molar-refractivity contribution in [2.75, 3.05) is 0 Å². The van der Waals surface area contributed by atoms with Gasteiger partial charge in [-0.2, -0.15) is 0 Å². The number of hydrogen-bond acceptors (Lipinski definition) is 2. The molecule has 0 amide bonds. The van der Waals surface area contributed by atoms with Crippen molar-refractivity contribution in [3.8, 4) is 0 Å². The maximum Gasteiger partial charge on any atom is 0.118 e. The molecule has 0 aliphatic heterocycles. The van der Waals surface area contributed by atoms with Gasteiger partial charge in [-0.3, -0.25) is 0 Å². The van der Waals surface area contributed by atoms with E-state index >= 15 is 0 Å². The van der Waals surface area contributed by atoms with Gasteiger partial charge in [0, 0.05) is 6.04 Å². The van der Waals surface area contributed by atoms with Crippen molar-refractivity contribution in [2.24, 2.45) is 5.92 Å². The highest BCUT2D eigenvalue weighted by atomic mass is 79.9. The first kappa shape index (κ1) is 8.32. The summed E-state index contributed by atoms with van der Waals surface area (Å²) in [5.41, 5.74) is 0. The van der Waals surface area contributed by atoms with Crippen LogP contribution in [-0.4, -0.2) is 6.04 Å². The number of hydrogen-bond donors (Lipinski definition) is 1. The summed E-state index contributed by atoms with van der Waals surface area (Å²) in [4.78, 5) is 0. The van der Waals surface area contributed by atoms with E-state index in [-0.39, 0.29) is 0 Å². The lowest BCUT2D eigenvalue weighted by Crippen LogP contribution is -2.16. The van der Waals surface area contributed by atoms with Gasteiger partial charge in [-0.25, -0.2) is 0 Å². The van der Waals surface area contributed by atoms with Crippen molar-refractivity contribution in [3.63, 3.8) is 0 Å². The third kappa shape index (κ3) is 1.90. The van der Waals surface area contributed by atoms with Crippen LogP contribution < -0.4 is 5.32 Å². The highest BCUT2D eigenvalue weighted by Gasteiger charge is 2.31. The molecule has 1 aliphatic carbocycles. The second kappa shape index (κ2) is 3.23. The van der Waals surface area contributed by atoms with Crippen molar-refractivity contribution >= 4 is 15.9 Å². The van der Waals surface area contributed by atoms with E-state index in [1.807, 2.05) is 6.07 Å². The Labute approximate surface area is 80.5 Å². The van der Waals surface area contributed by atoms with E-state index in [9.17, 15) is 0 Å². The molecular formula is C9H12BrNO. The summed E-state index contributed by atoms with van der Waals surface area (Å²) >= 11 is 3.35. The van der Waals surface area contributed by atoms with Gasteiger partial charge in [-0.15, -0.1) is 0 Å². The van der Waals surface area contributed by atoms with E-state index in [1.165, 1.54) is 6.42 Å². The molecule has 12 heavy (non-hydrogen) atoms. The molecule has 1 saturated carbocycles. The minimum absolute atomic E-state index is 0.717. The first-order chi connectivity index (χ1) is 5.75. The molecule has 2 rings (SSSR count). The molecule has 1 N–H and O–H groups in total. The maximum absolute atomic E-state index is 5.27. The predicted octanol–water partition coefficient (Wildman–Crippen LogP) is 2.54. The normalized spacial score (nSPS) is 27.5. The Bertz CT molecular complexity index is 271. The van der Waals surface area contributed by atoms with Crippen molar-refractivity contribution in [1.82, 2.24) is 5.32 Å². The van der Waals surface area contributed by atoms with Crippen molar-refractivity contribution < 1.29 is 4.42 Å². The van der Waals surface area contributed by atoms with Crippen LogP contribution in [0.2, 0.25) is 0 Å². The zero-order valence-electron chi connectivity index (χ0n) is 7.01. The molecule has 2 unspecified atom stereocenters. The molecule has 0 bridgehead atoms. The van der Waals surface area contributed by atoms with E-state index in [1.54, 1.807) is 6.26 Å². The highest BCUT2D eigenvalue weighted by Crippen LogP contribution is 2.29. The van der Waals surface area contributed by atoms with Gasteiger partial charge in [0.15, 0.2) is 0 Å². The summed E-state index contributed by atoms with van der Waals surface area (Å²) in [6, 6.07) is 2.72. The van der Waals surface area contributed by atoms with Crippen molar-refractivity contribution in [1.29, 1.82) is 0 Å². The van der Waals surface area contributed by atoms with E-state index in [2.05, 4.69) is 28.2 Å². The molecule has 3 heteroatoms. The van der Waals surface area contributed by atoms with Crippen LogP contribution in [-0.2, 0) is 6.54 Å². The zero-order chi connectivity index (χ0) is 8.55. The molecular weight excluding hydrogens is 218 g/mol. The Morgan fingerprint density at radius 3 is 3.00 bits per heavy atom. The first-order valence-electron chi connectivity index (χ1n) is 4.22. The van der Waals surface area contributed by atoms with E-state index in [0.717, 1.165) is 22.7 Å². The van der Waals surface area contributed by atoms with Crippen LogP contribution in [0.15, 0.2) is 21.2 Å². The van der Waals surface area contributed by atoms with Crippen molar-refractivity contribution in [2.45, 2.75) is 25.9 Å². The molecule has 1 aromatic rings. The monoisotopic (exact) mass is 229 g/mol. The Morgan fingerprint density at radius 1 is 1.75 bits per heavy atom. The Balaban J connectivity index is 1.80. The first-order valence-corrected chi connectivity index (χ1v) is 5.01. The molecule has 1 heterocycles. The third-order valence-corrected chi connectivity index (χ3v) is 2.69. The number of furan rings is 1. The molecule has 1 fully saturated rings. The molecule has 0 spiro atoms. The van der Waals surface area contributed by atoms with Crippen LogP contribution >= 0.6 is 15.9 Å². The quantitative estimate of drug-likeness (QED) is 0.863. The average molecular weight is 230 g/mol. The van der Waals surface area contributed by atoms with Gasteiger partial charge in [-0.1, -0.05) is 6.92 Å². The summed E-state index contributed by atoms with van der Waals surface area (Å²) < 4.78 is 6.29. The smallest absolute Gasteiger partial charge is 0.118 e. The lowest BCUT2D eigenvalue weighted by Gasteiger charge is -1.98. The summed E-state index contributed by atoms with van der Waals surface area (Å²) in [7, 11) is 0. The largest absolute Gasteiger partial charge is 0.467 e. The Hall–Kier alpha value is -0.280. The third-order valence-electron chi connectivity index (χ3n) is 2.27. The number of rotatable bonds is 3. The van der Waals surface area contributed by atoms with Crippen molar-refractivity contribution in [3.05, 3.63) is 22.6 Å². The fourth-order valence-electron chi connectivity index (χ4n) is 1.28. The molecule has 66 valence electrons. The summed E-state index contributed by atoms with van der Waals surface area (Å²) in [5.74, 6) is 1.85. The standard InChI is InChI=1S/C9H12BrNO/c1-6-2-9(6)11-4-8-3-7(10)5-12-8/h3,5-6,9,11H,2,4H2,1H3. The topological polar surface area (TPSA) is 25.2 Å². The van der Waals surface area contributed by atoms with Gasteiger partial charge in [-0.05, 0) is 34.3 Å². The van der Waals surface area contributed by atoms with Crippen LogP contribution in [0.5, 0.6) is 0 Å². The lowest BCUT2D eigenvalue weighted by atomic mass is 10.4. The molecule has 0 aromatic carbocycles. The highest BCUT2D eigenvalue weighted by molar-refractivity contribution is 9.10. The fourth-order valence-corrected chi connectivity index (χ4v) is 1.63. The summed E-state index contributed by atoms with van der Waals surface area (Å²) in [6.07, 6.45) is 3.02. The van der Waals surface area contributed by atoms with Crippen LogP contribution in [0.4, 0.5) is 0 Å². The maximum atomic E-state index is 5.27. The van der Waals surface area contributed by atoms with Gasteiger partial charge in [0.1, 0.15) is 12.0 Å². The van der Waals surface area contributed by atoms with Gasteiger partial charge >= 0.3 is 0 Å². The SMILES string of the molecule is CC1CC1NCc1cc(Br)co1. The number of nitrogens with one attached hydrogen (secondary N) is 1. The minimum Gasteiger partial charge on any atom is -0.467 e. The van der Waals surface area contributed by atoms with Gasteiger partial charge in [0.25, 0.3) is 0 Å². The molecule has 0 radical (unpaired) electrons. The lowest BCUT2D eigenvalue weighted by molar-refractivity contribution is 0.478. The number of halogens is 1. The zero-order valence-corrected chi connectivity index (χ0v) is 8.60. The molecule has 2 atom stereocenters. The van der Waals surface area contributed by atoms with Crippen LogP contribution in [0.1, 0.15) is 19.1 Å². The Kier molecular flexibility index (Phi) is 2.24. The fraction of sp³-hybridized carbons (Fsp3) is 0.556. The summed E-state index contributed by atoms with van der Waals surface area (Å²) in [6.45, 7) is 3.11. The molecule has 2 nitrogen and oxygen atoms in total. The van der Waals surface area contributed by atoms with E-state index < -0.39 is 0 Å². The second-order valence-corrected chi connectivity index (χ2v) is 4.35. The molecule has 0 saturated heterocycles. The van der Waals surface area contributed by atoms with Crippen LogP contribution in [0.3, 0.4) is 0 Å². The minimum atomic E-state index is 0.717. The van der Waals surface area contributed by atoms with Crippen LogP contribution in [0, 0.1) is 5.92 Å². The Morgan fingerprint density at radius 2 is 2.50 bits per heavy atom. The van der Waals surface area contributed by atoms with Gasteiger partial charge < -0.3 is 9.73 Å². The van der Waals surface area contributed by atoms with Gasteiger partial charge in [0.05, 0.1) is 11.0 Å². The molecule has 1 aliphatic rings. The summed E-state index contributed by atoms with van der Waals surface area (Å²) in [5, 5.41) is 3.42. The second-order valence-electron chi connectivity index (χ2n) is 3.43. The average Bonchev–Trinajstić information content (AvgIpc) is 2.56. The van der Waals surface area contributed by atoms with E-state index in [4.69, 9.17) is 4.42 Å². The van der Waals surface area contributed by atoms with Gasteiger partial charge in [0.2, 0.25) is 0 Å². The predicted molar refractivity (Wildman–Crippen MR) is 50.8 cm³/mol. The van der Waals surface area contributed by atoms with Crippen LogP contribution in [0.25, 0.3) is 0 Å². The van der Waals surface area contributed by atoms with E-state index in [0.29, 0.717) is 6.04 Å². The molecule has 1 aromatic heterocycles.